The van der Waals surface area contributed by atoms with E-state index in [0.717, 1.165) is 34.0 Å². The molecule has 176 valence electrons. The van der Waals surface area contributed by atoms with Crippen LogP contribution < -0.4 is 5.32 Å². The second kappa shape index (κ2) is 9.72. The maximum absolute atomic E-state index is 13.9. The summed E-state index contributed by atoms with van der Waals surface area (Å²) in [7, 11) is 1.91. The van der Waals surface area contributed by atoms with Gasteiger partial charge in [-0.1, -0.05) is 72.3 Å². The molecule has 5 nitrogen and oxygen atoms in total. The third-order valence-corrected chi connectivity index (χ3v) is 6.49. The zero-order valence-electron chi connectivity index (χ0n) is 20.3. The maximum Gasteiger partial charge on any atom is 0.186 e. The first kappa shape index (κ1) is 22.8. The summed E-state index contributed by atoms with van der Waals surface area (Å²) in [6, 6.07) is 24.4. The van der Waals surface area contributed by atoms with Gasteiger partial charge in [0.15, 0.2) is 5.78 Å². The topological polar surface area (TPSA) is 62.7 Å². The predicted molar refractivity (Wildman–Crippen MR) is 141 cm³/mol. The summed E-state index contributed by atoms with van der Waals surface area (Å²) in [5.41, 5.74) is 7.22. The average Bonchev–Trinajstić information content (AvgIpc) is 3.50. The fraction of sp³-hybridized carbons (Fsp3) is 0.200. The second-order valence-electron chi connectivity index (χ2n) is 9.33. The molecular formula is C30H30N4O. The molecule has 0 aliphatic rings. The monoisotopic (exact) mass is 462 g/mol. The molecule has 0 spiro atoms. The second-order valence-corrected chi connectivity index (χ2v) is 9.33. The van der Waals surface area contributed by atoms with Gasteiger partial charge in [-0.05, 0) is 43.0 Å². The highest BCUT2D eigenvalue weighted by Crippen LogP contribution is 2.29. The number of aromatic amines is 1. The Bertz CT molecular complexity index is 1450. The van der Waals surface area contributed by atoms with Gasteiger partial charge in [-0.3, -0.25) is 9.48 Å². The summed E-state index contributed by atoms with van der Waals surface area (Å²) >= 11 is 0. The number of benzene rings is 3. The quantitative estimate of drug-likeness (QED) is 0.277. The number of Topliss-reactive ketones (excluding diaryl/α,β-unsaturated/α-hetero) is 1. The van der Waals surface area contributed by atoms with Crippen molar-refractivity contribution >= 4 is 16.7 Å². The highest BCUT2D eigenvalue weighted by atomic mass is 16.1. The minimum atomic E-state index is -0.436. The Morgan fingerprint density at radius 1 is 1.03 bits per heavy atom. The predicted octanol–water partition coefficient (Wildman–Crippen LogP) is 6.02. The first-order chi connectivity index (χ1) is 17.0. The average molecular weight is 463 g/mol. The van der Waals surface area contributed by atoms with Crippen LogP contribution in [0.5, 0.6) is 0 Å². The normalized spacial score (nSPS) is 13.1. The van der Waals surface area contributed by atoms with Crippen LogP contribution >= 0.6 is 0 Å². The van der Waals surface area contributed by atoms with Crippen LogP contribution in [0.2, 0.25) is 0 Å². The number of nitrogens with one attached hydrogen (secondary N) is 2. The van der Waals surface area contributed by atoms with Gasteiger partial charge in [0.25, 0.3) is 0 Å². The van der Waals surface area contributed by atoms with Crippen molar-refractivity contribution in [3.05, 3.63) is 114 Å². The van der Waals surface area contributed by atoms with Gasteiger partial charge in [0.2, 0.25) is 0 Å². The van der Waals surface area contributed by atoms with E-state index in [-0.39, 0.29) is 11.8 Å². The molecular weight excluding hydrogens is 432 g/mol. The van der Waals surface area contributed by atoms with E-state index in [9.17, 15) is 4.79 Å². The van der Waals surface area contributed by atoms with Crippen molar-refractivity contribution in [1.82, 2.24) is 20.1 Å². The molecule has 0 bridgehead atoms. The Labute approximate surface area is 205 Å². The smallest absolute Gasteiger partial charge is 0.186 e. The molecule has 5 aromatic rings. The molecule has 0 aliphatic heterocycles. The molecule has 0 fully saturated rings. The van der Waals surface area contributed by atoms with Gasteiger partial charge in [0, 0.05) is 47.5 Å². The van der Waals surface area contributed by atoms with E-state index in [1.807, 2.05) is 62.0 Å². The SMILES string of the molecule is Cc1ccc(C[C@H](C)N[C@@H](C(=O)c2c[nH]c3cc(-c4cnn(C)c4)ccc23)c2ccccc2)cc1. The standard InChI is InChI=1S/C30H30N4O/c1-20-9-11-22(12-10-20)15-21(2)33-29(23-7-5-4-6-8-23)30(35)27-18-31-28-16-24(13-14-26(27)28)25-17-32-34(3)19-25/h4-14,16-19,21,29,31,33H,15H2,1-3H3/t21-,29+/m0/s1. The Hall–Kier alpha value is -3.96. The molecule has 2 aromatic heterocycles. The van der Waals surface area contributed by atoms with Gasteiger partial charge in [0.1, 0.15) is 0 Å². The van der Waals surface area contributed by atoms with Crippen LogP contribution in [0.1, 0.15) is 40.0 Å². The Balaban J connectivity index is 1.43. The van der Waals surface area contributed by atoms with E-state index in [2.05, 4.69) is 65.6 Å². The molecule has 0 saturated carbocycles. The van der Waals surface area contributed by atoms with Crippen LogP contribution in [0.25, 0.3) is 22.0 Å². The van der Waals surface area contributed by atoms with E-state index in [4.69, 9.17) is 0 Å². The number of rotatable bonds is 8. The van der Waals surface area contributed by atoms with Crippen molar-refractivity contribution < 1.29 is 4.79 Å². The van der Waals surface area contributed by atoms with Crippen LogP contribution in [0.15, 0.2) is 91.4 Å². The lowest BCUT2D eigenvalue weighted by molar-refractivity contribution is 0.0938. The number of H-pyrrole nitrogens is 1. The lowest BCUT2D eigenvalue weighted by Gasteiger charge is -2.23. The Morgan fingerprint density at radius 3 is 2.51 bits per heavy atom. The molecule has 0 unspecified atom stereocenters. The van der Waals surface area contributed by atoms with E-state index in [1.165, 1.54) is 11.1 Å². The molecule has 0 radical (unpaired) electrons. The summed E-state index contributed by atoms with van der Waals surface area (Å²) in [6.45, 7) is 4.23. The van der Waals surface area contributed by atoms with Gasteiger partial charge in [-0.2, -0.15) is 5.10 Å². The van der Waals surface area contributed by atoms with Crippen molar-refractivity contribution in [2.45, 2.75) is 32.4 Å². The fourth-order valence-electron chi connectivity index (χ4n) is 4.63. The van der Waals surface area contributed by atoms with Crippen LogP contribution in [0.3, 0.4) is 0 Å². The van der Waals surface area contributed by atoms with Crippen molar-refractivity contribution in [1.29, 1.82) is 0 Å². The lowest BCUT2D eigenvalue weighted by Crippen LogP contribution is -2.36. The number of aryl methyl sites for hydroxylation is 2. The Kier molecular flexibility index (Phi) is 6.34. The number of carbonyl (C=O) groups is 1. The molecule has 5 rings (SSSR count). The zero-order valence-corrected chi connectivity index (χ0v) is 20.3. The van der Waals surface area contributed by atoms with Crippen LogP contribution in [-0.4, -0.2) is 26.6 Å². The summed E-state index contributed by atoms with van der Waals surface area (Å²) < 4.78 is 1.79. The summed E-state index contributed by atoms with van der Waals surface area (Å²) in [5, 5.41) is 8.81. The molecule has 0 amide bonds. The van der Waals surface area contributed by atoms with E-state index in [0.29, 0.717) is 5.56 Å². The molecule has 35 heavy (non-hydrogen) atoms. The molecule has 0 saturated heterocycles. The molecule has 2 heterocycles. The highest BCUT2D eigenvalue weighted by Gasteiger charge is 2.26. The van der Waals surface area contributed by atoms with Gasteiger partial charge < -0.3 is 10.3 Å². The molecule has 3 aromatic carbocycles. The molecule has 2 N–H and O–H groups in total. The number of hydrogen-bond donors (Lipinski definition) is 2. The number of aromatic nitrogens is 3. The van der Waals surface area contributed by atoms with Crippen molar-refractivity contribution in [2.24, 2.45) is 7.05 Å². The number of nitrogens with zero attached hydrogens (tertiary/aromatic N) is 2. The Morgan fingerprint density at radius 2 is 1.80 bits per heavy atom. The van der Waals surface area contributed by atoms with E-state index in [1.54, 1.807) is 4.68 Å². The minimum absolute atomic E-state index is 0.0623. The summed E-state index contributed by atoms with van der Waals surface area (Å²) in [6.07, 6.45) is 6.52. The van der Waals surface area contributed by atoms with Crippen molar-refractivity contribution in [3.8, 4) is 11.1 Å². The summed E-state index contributed by atoms with van der Waals surface area (Å²) in [4.78, 5) is 17.2. The number of fused-ring (bicyclic) bond motifs is 1. The number of carbonyl (C=O) groups excluding carboxylic acids is 1. The van der Waals surface area contributed by atoms with Gasteiger partial charge in [-0.25, -0.2) is 0 Å². The number of hydrogen-bond acceptors (Lipinski definition) is 3. The largest absolute Gasteiger partial charge is 0.360 e. The van der Waals surface area contributed by atoms with Crippen molar-refractivity contribution in [3.63, 3.8) is 0 Å². The lowest BCUT2D eigenvalue weighted by atomic mass is 9.95. The minimum Gasteiger partial charge on any atom is -0.360 e. The first-order valence-electron chi connectivity index (χ1n) is 12.0. The molecule has 0 aliphatic carbocycles. The van der Waals surface area contributed by atoms with E-state index >= 15 is 0 Å². The highest BCUT2D eigenvalue weighted by molar-refractivity contribution is 6.11. The van der Waals surface area contributed by atoms with Gasteiger partial charge >= 0.3 is 0 Å². The van der Waals surface area contributed by atoms with E-state index < -0.39 is 6.04 Å². The van der Waals surface area contributed by atoms with Crippen LogP contribution in [-0.2, 0) is 13.5 Å². The zero-order chi connectivity index (χ0) is 24.4. The molecule has 2 atom stereocenters. The van der Waals surface area contributed by atoms with Gasteiger partial charge in [0.05, 0.1) is 12.2 Å². The summed E-state index contributed by atoms with van der Waals surface area (Å²) in [5.74, 6) is 0.0623. The maximum atomic E-state index is 13.9. The third-order valence-electron chi connectivity index (χ3n) is 6.49. The fourth-order valence-corrected chi connectivity index (χ4v) is 4.63. The first-order valence-corrected chi connectivity index (χ1v) is 12.0. The third kappa shape index (κ3) is 4.96. The van der Waals surface area contributed by atoms with Crippen LogP contribution in [0.4, 0.5) is 0 Å². The van der Waals surface area contributed by atoms with Crippen LogP contribution in [0, 0.1) is 6.92 Å². The van der Waals surface area contributed by atoms with Crippen molar-refractivity contribution in [2.75, 3.05) is 0 Å². The van der Waals surface area contributed by atoms with Gasteiger partial charge in [-0.15, -0.1) is 0 Å². The number of ketones is 1. The molecule has 5 heteroatoms.